The molecule has 26 heavy (non-hydrogen) atoms. The summed E-state index contributed by atoms with van der Waals surface area (Å²) >= 11 is 0. The van der Waals surface area contributed by atoms with Crippen LogP contribution >= 0.6 is 0 Å². The molecular formula is C20H28N4O2. The van der Waals surface area contributed by atoms with Crippen LogP contribution in [0.2, 0.25) is 0 Å². The van der Waals surface area contributed by atoms with Gasteiger partial charge in [0.2, 0.25) is 0 Å². The van der Waals surface area contributed by atoms with Gasteiger partial charge in [-0.15, -0.1) is 0 Å². The molecule has 1 fully saturated rings. The molecule has 6 nitrogen and oxygen atoms in total. The average Bonchev–Trinajstić information content (AvgIpc) is 2.92. The number of carbonyl (C=O) groups is 1. The van der Waals surface area contributed by atoms with E-state index in [4.69, 9.17) is 4.74 Å². The van der Waals surface area contributed by atoms with Crippen molar-refractivity contribution in [1.82, 2.24) is 20.0 Å². The molecule has 0 saturated carbocycles. The van der Waals surface area contributed by atoms with Crippen LogP contribution in [0.4, 0.5) is 0 Å². The van der Waals surface area contributed by atoms with Crippen molar-refractivity contribution in [2.75, 3.05) is 26.2 Å². The van der Waals surface area contributed by atoms with E-state index < -0.39 is 0 Å². The lowest BCUT2D eigenvalue weighted by atomic mass is 9.97. The predicted octanol–water partition coefficient (Wildman–Crippen LogP) is 2.23. The van der Waals surface area contributed by atoms with E-state index in [0.29, 0.717) is 18.7 Å². The van der Waals surface area contributed by atoms with E-state index in [-0.39, 0.29) is 18.1 Å². The molecule has 3 rings (SSSR count). The number of hydrogen-bond donors (Lipinski definition) is 1. The first kappa shape index (κ1) is 18.6. The van der Waals surface area contributed by atoms with Crippen molar-refractivity contribution in [3.63, 3.8) is 0 Å². The molecule has 1 aromatic carbocycles. The van der Waals surface area contributed by atoms with Crippen molar-refractivity contribution in [1.29, 1.82) is 0 Å². The quantitative estimate of drug-likeness (QED) is 0.892. The second-order valence-corrected chi connectivity index (χ2v) is 6.77. The highest BCUT2D eigenvalue weighted by Gasteiger charge is 2.33. The fourth-order valence-electron chi connectivity index (χ4n) is 3.77. The predicted molar refractivity (Wildman–Crippen MR) is 101 cm³/mol. The minimum atomic E-state index is -0.0860. The average molecular weight is 356 g/mol. The molecule has 0 unspecified atom stereocenters. The number of likely N-dealkylation sites (N-methyl/N-ethyl adjacent to an activating group) is 1. The van der Waals surface area contributed by atoms with Crippen molar-refractivity contribution >= 4 is 5.91 Å². The molecule has 2 aromatic rings. The van der Waals surface area contributed by atoms with Crippen LogP contribution in [0.1, 0.15) is 40.3 Å². The molecule has 1 N–H and O–H groups in total. The number of aromatic nitrogens is 2. The monoisotopic (exact) mass is 356 g/mol. The van der Waals surface area contributed by atoms with E-state index in [0.717, 1.165) is 24.5 Å². The topological polar surface area (TPSA) is 59.4 Å². The van der Waals surface area contributed by atoms with Gasteiger partial charge in [0, 0.05) is 25.8 Å². The van der Waals surface area contributed by atoms with Gasteiger partial charge in [0.25, 0.3) is 5.91 Å². The zero-order chi connectivity index (χ0) is 18.7. The highest BCUT2D eigenvalue weighted by Crippen LogP contribution is 2.29. The second-order valence-electron chi connectivity index (χ2n) is 6.77. The second kappa shape index (κ2) is 8.01. The molecule has 1 saturated heterocycles. The van der Waals surface area contributed by atoms with Gasteiger partial charge >= 0.3 is 0 Å². The molecular weight excluding hydrogens is 328 g/mol. The molecule has 0 spiro atoms. The minimum absolute atomic E-state index is 0.0765. The molecule has 6 heteroatoms. The fraction of sp³-hybridized carbons (Fsp3) is 0.500. The van der Waals surface area contributed by atoms with Crippen molar-refractivity contribution in [3.8, 4) is 0 Å². The summed E-state index contributed by atoms with van der Waals surface area (Å²) in [6.45, 7) is 8.96. The normalized spacial score (nSPS) is 20.9. The maximum absolute atomic E-state index is 12.7. The van der Waals surface area contributed by atoms with Gasteiger partial charge < -0.3 is 10.1 Å². The largest absolute Gasteiger partial charge is 0.373 e. The van der Waals surface area contributed by atoms with Crippen LogP contribution in [0.5, 0.6) is 0 Å². The maximum Gasteiger partial charge on any atom is 0.255 e. The van der Waals surface area contributed by atoms with Gasteiger partial charge in [0.15, 0.2) is 0 Å². The Bertz CT molecular complexity index is 757. The van der Waals surface area contributed by atoms with Gasteiger partial charge in [-0.3, -0.25) is 14.4 Å². The van der Waals surface area contributed by atoms with Gasteiger partial charge in [0.05, 0.1) is 30.0 Å². The highest BCUT2D eigenvalue weighted by molar-refractivity contribution is 5.96. The lowest BCUT2D eigenvalue weighted by Crippen LogP contribution is -2.49. The summed E-state index contributed by atoms with van der Waals surface area (Å²) in [5.74, 6) is -0.0860. The molecule has 1 aliphatic rings. The molecule has 2 atom stereocenters. The number of nitrogens with one attached hydrogen (secondary N) is 1. The SMILES string of the molecule is CCN1CCO[C@@H](CNC(=O)c2c(C)nn(C)c2C)[C@@H]1c1ccccc1. The molecule has 1 amide bonds. The summed E-state index contributed by atoms with van der Waals surface area (Å²) in [6, 6.07) is 10.5. The molecule has 0 bridgehead atoms. The number of morpholine rings is 1. The van der Waals surface area contributed by atoms with E-state index in [2.05, 4.69) is 46.5 Å². The Morgan fingerprint density at radius 1 is 1.31 bits per heavy atom. The van der Waals surface area contributed by atoms with Crippen molar-refractivity contribution in [3.05, 3.63) is 52.8 Å². The number of hydrogen-bond acceptors (Lipinski definition) is 4. The molecule has 0 radical (unpaired) electrons. The van der Waals surface area contributed by atoms with Gasteiger partial charge in [-0.1, -0.05) is 37.3 Å². The first-order valence-corrected chi connectivity index (χ1v) is 9.22. The maximum atomic E-state index is 12.7. The van der Waals surface area contributed by atoms with Crippen LogP contribution in [-0.2, 0) is 11.8 Å². The van der Waals surface area contributed by atoms with E-state index in [1.54, 1.807) is 4.68 Å². The summed E-state index contributed by atoms with van der Waals surface area (Å²) in [5.41, 5.74) is 3.51. The third-order valence-electron chi connectivity index (χ3n) is 5.20. The summed E-state index contributed by atoms with van der Waals surface area (Å²) in [7, 11) is 1.86. The van der Waals surface area contributed by atoms with Gasteiger partial charge in [-0.05, 0) is 26.0 Å². The van der Waals surface area contributed by atoms with E-state index >= 15 is 0 Å². The number of amides is 1. The first-order chi connectivity index (χ1) is 12.5. The summed E-state index contributed by atoms with van der Waals surface area (Å²) in [4.78, 5) is 15.1. The fourth-order valence-corrected chi connectivity index (χ4v) is 3.77. The third-order valence-corrected chi connectivity index (χ3v) is 5.20. The highest BCUT2D eigenvalue weighted by atomic mass is 16.5. The number of rotatable bonds is 5. The number of ether oxygens (including phenoxy) is 1. The van der Waals surface area contributed by atoms with Crippen LogP contribution in [0, 0.1) is 13.8 Å². The van der Waals surface area contributed by atoms with Crippen LogP contribution in [0.3, 0.4) is 0 Å². The standard InChI is InChI=1S/C20H28N4O2/c1-5-24-11-12-26-17(19(24)16-9-7-6-8-10-16)13-21-20(25)18-14(2)22-23(4)15(18)3/h6-10,17,19H,5,11-13H2,1-4H3,(H,21,25)/t17-,19-/m0/s1. The van der Waals surface area contributed by atoms with E-state index in [9.17, 15) is 4.79 Å². The van der Waals surface area contributed by atoms with Crippen LogP contribution < -0.4 is 5.32 Å². The Balaban J connectivity index is 1.75. The zero-order valence-electron chi connectivity index (χ0n) is 16.0. The molecule has 0 aliphatic carbocycles. The first-order valence-electron chi connectivity index (χ1n) is 9.22. The minimum Gasteiger partial charge on any atom is -0.373 e. The van der Waals surface area contributed by atoms with Crippen molar-refractivity contribution < 1.29 is 9.53 Å². The van der Waals surface area contributed by atoms with E-state index in [1.807, 2.05) is 27.0 Å². The Morgan fingerprint density at radius 3 is 2.65 bits per heavy atom. The van der Waals surface area contributed by atoms with Crippen LogP contribution in [0.15, 0.2) is 30.3 Å². The molecule has 140 valence electrons. The molecule has 1 aromatic heterocycles. The van der Waals surface area contributed by atoms with Crippen LogP contribution in [-0.4, -0.2) is 52.9 Å². The Hall–Kier alpha value is -2.18. The Morgan fingerprint density at radius 2 is 2.04 bits per heavy atom. The Kier molecular flexibility index (Phi) is 5.74. The smallest absolute Gasteiger partial charge is 0.255 e. The van der Waals surface area contributed by atoms with Gasteiger partial charge in [-0.25, -0.2) is 0 Å². The summed E-state index contributed by atoms with van der Waals surface area (Å²) < 4.78 is 7.79. The zero-order valence-corrected chi connectivity index (χ0v) is 16.0. The van der Waals surface area contributed by atoms with Gasteiger partial charge in [0.1, 0.15) is 0 Å². The number of nitrogens with zero attached hydrogens (tertiary/aromatic N) is 3. The number of benzene rings is 1. The summed E-state index contributed by atoms with van der Waals surface area (Å²) in [6.07, 6.45) is -0.0765. The number of carbonyl (C=O) groups excluding carboxylic acids is 1. The lowest BCUT2D eigenvalue weighted by molar-refractivity contribution is -0.0685. The number of aryl methyl sites for hydroxylation is 2. The van der Waals surface area contributed by atoms with Crippen molar-refractivity contribution in [2.24, 2.45) is 7.05 Å². The van der Waals surface area contributed by atoms with Crippen LogP contribution in [0.25, 0.3) is 0 Å². The Labute approximate surface area is 155 Å². The lowest BCUT2D eigenvalue weighted by Gasteiger charge is -2.41. The summed E-state index contributed by atoms with van der Waals surface area (Å²) in [5, 5.41) is 7.39. The van der Waals surface area contributed by atoms with Crippen molar-refractivity contribution in [2.45, 2.75) is 32.9 Å². The molecule has 1 aliphatic heterocycles. The molecule has 2 heterocycles. The van der Waals surface area contributed by atoms with Gasteiger partial charge in [-0.2, -0.15) is 5.10 Å². The third kappa shape index (κ3) is 3.66. The van der Waals surface area contributed by atoms with E-state index in [1.165, 1.54) is 5.56 Å².